The van der Waals surface area contributed by atoms with Gasteiger partial charge in [0.25, 0.3) is 5.91 Å². The fourth-order valence-electron chi connectivity index (χ4n) is 4.73. The highest BCUT2D eigenvalue weighted by atomic mass is 16.5. The number of ether oxygens (including phenoxy) is 1. The predicted octanol–water partition coefficient (Wildman–Crippen LogP) is 2.64. The molecular formula is C23H29N3O5. The highest BCUT2D eigenvalue weighted by Gasteiger charge is 2.39. The number of carbonyl (C=O) groups is 4. The minimum absolute atomic E-state index is 0.0645. The van der Waals surface area contributed by atoms with E-state index in [0.29, 0.717) is 25.1 Å². The number of carbonyl (C=O) groups excluding carboxylic acids is 4. The molecule has 2 aliphatic heterocycles. The van der Waals surface area contributed by atoms with Crippen molar-refractivity contribution in [3.05, 3.63) is 34.9 Å². The van der Waals surface area contributed by atoms with Crippen LogP contribution in [0, 0.1) is 5.41 Å². The molecule has 1 atom stereocenters. The monoisotopic (exact) mass is 427 g/mol. The van der Waals surface area contributed by atoms with Crippen LogP contribution < -0.4 is 10.6 Å². The van der Waals surface area contributed by atoms with Gasteiger partial charge in [-0.1, -0.05) is 38.3 Å². The van der Waals surface area contributed by atoms with E-state index in [1.54, 1.807) is 6.07 Å². The number of rotatable bonds is 5. The summed E-state index contributed by atoms with van der Waals surface area (Å²) in [6, 6.07) is 4.84. The molecule has 1 saturated carbocycles. The largest absolute Gasteiger partial charge is 0.449 e. The van der Waals surface area contributed by atoms with Gasteiger partial charge in [0, 0.05) is 30.5 Å². The normalized spacial score (nSPS) is 22.7. The van der Waals surface area contributed by atoms with E-state index in [9.17, 15) is 19.2 Å². The SMILES string of the molecule is CC1(COC(=O)NCc2ccc3c(c2)C(=O)N(C2CCC(=O)NC2=O)C3)CCCCC1. The first kappa shape index (κ1) is 21.3. The quantitative estimate of drug-likeness (QED) is 0.703. The number of alkyl carbamates (subject to hydrolysis) is 1. The zero-order valence-electron chi connectivity index (χ0n) is 17.9. The second kappa shape index (κ2) is 8.69. The molecular weight excluding hydrogens is 398 g/mol. The summed E-state index contributed by atoms with van der Waals surface area (Å²) in [5.41, 5.74) is 2.23. The molecule has 2 N–H and O–H groups in total. The summed E-state index contributed by atoms with van der Waals surface area (Å²) < 4.78 is 5.44. The third-order valence-corrected chi connectivity index (χ3v) is 6.64. The van der Waals surface area contributed by atoms with Gasteiger partial charge in [-0.15, -0.1) is 0 Å². The van der Waals surface area contributed by atoms with Crippen molar-refractivity contribution in [1.29, 1.82) is 0 Å². The van der Waals surface area contributed by atoms with Crippen molar-refractivity contribution < 1.29 is 23.9 Å². The molecule has 2 heterocycles. The first-order chi connectivity index (χ1) is 14.8. The Balaban J connectivity index is 1.32. The van der Waals surface area contributed by atoms with Crippen LogP contribution in [0.1, 0.15) is 73.4 Å². The Labute approximate surface area is 181 Å². The zero-order valence-corrected chi connectivity index (χ0v) is 17.9. The molecule has 1 saturated heterocycles. The van der Waals surface area contributed by atoms with Crippen molar-refractivity contribution in [1.82, 2.24) is 15.5 Å². The molecule has 1 aromatic carbocycles. The average molecular weight is 428 g/mol. The van der Waals surface area contributed by atoms with Gasteiger partial charge in [0.1, 0.15) is 6.04 Å². The summed E-state index contributed by atoms with van der Waals surface area (Å²) in [4.78, 5) is 50.1. The first-order valence-electron chi connectivity index (χ1n) is 11.0. The van der Waals surface area contributed by atoms with Gasteiger partial charge < -0.3 is 15.0 Å². The van der Waals surface area contributed by atoms with Crippen molar-refractivity contribution in [2.24, 2.45) is 5.41 Å². The minimum atomic E-state index is -0.629. The second-order valence-electron chi connectivity index (χ2n) is 9.19. The number of hydrogen-bond acceptors (Lipinski definition) is 5. The molecule has 166 valence electrons. The molecule has 1 aromatic rings. The summed E-state index contributed by atoms with van der Waals surface area (Å²) in [5.74, 6) is -0.948. The predicted molar refractivity (Wildman–Crippen MR) is 112 cm³/mol. The molecule has 1 aliphatic carbocycles. The molecule has 0 aromatic heterocycles. The number of fused-ring (bicyclic) bond motifs is 1. The van der Waals surface area contributed by atoms with Gasteiger partial charge in [0.15, 0.2) is 0 Å². The summed E-state index contributed by atoms with van der Waals surface area (Å²) in [6.45, 7) is 3.19. The highest BCUT2D eigenvalue weighted by Crippen LogP contribution is 2.35. The minimum Gasteiger partial charge on any atom is -0.449 e. The number of piperidine rings is 1. The number of amides is 4. The Hall–Kier alpha value is -2.90. The van der Waals surface area contributed by atoms with E-state index in [2.05, 4.69) is 17.6 Å². The summed E-state index contributed by atoms with van der Waals surface area (Å²) >= 11 is 0. The van der Waals surface area contributed by atoms with Crippen LogP contribution in [-0.2, 0) is 27.4 Å². The van der Waals surface area contributed by atoms with Crippen molar-refractivity contribution in [2.75, 3.05) is 6.61 Å². The average Bonchev–Trinajstić information content (AvgIpc) is 3.07. The summed E-state index contributed by atoms with van der Waals surface area (Å²) in [5, 5.41) is 5.06. The van der Waals surface area contributed by atoms with Gasteiger partial charge >= 0.3 is 6.09 Å². The molecule has 1 unspecified atom stereocenters. The van der Waals surface area contributed by atoms with Crippen LogP contribution in [-0.4, -0.2) is 41.4 Å². The molecule has 0 bridgehead atoms. The van der Waals surface area contributed by atoms with Crippen LogP contribution >= 0.6 is 0 Å². The van der Waals surface area contributed by atoms with Crippen molar-refractivity contribution in [2.45, 2.75) is 71.0 Å². The molecule has 2 fully saturated rings. The maximum absolute atomic E-state index is 12.9. The standard InChI is InChI=1S/C23H29N3O5/c1-23(9-3-2-4-10-23)14-31-22(30)24-12-15-5-6-16-13-26(21(29)17(16)11-15)18-7-8-19(27)25-20(18)28/h5-6,11,18H,2-4,7-10,12-14H2,1H3,(H,24,30)(H,25,27,28). The van der Waals surface area contributed by atoms with Crippen LogP contribution in [0.15, 0.2) is 18.2 Å². The molecule has 0 spiro atoms. The second-order valence-corrected chi connectivity index (χ2v) is 9.19. The van der Waals surface area contributed by atoms with Crippen molar-refractivity contribution in [3.63, 3.8) is 0 Å². The lowest BCUT2D eigenvalue weighted by Gasteiger charge is -2.32. The van der Waals surface area contributed by atoms with Gasteiger partial charge in [-0.3, -0.25) is 19.7 Å². The van der Waals surface area contributed by atoms with Crippen LogP contribution in [0.5, 0.6) is 0 Å². The molecule has 8 heteroatoms. The maximum Gasteiger partial charge on any atom is 0.407 e. The molecule has 0 radical (unpaired) electrons. The number of hydrogen-bond donors (Lipinski definition) is 2. The van der Waals surface area contributed by atoms with Gasteiger partial charge in [-0.2, -0.15) is 0 Å². The molecule has 8 nitrogen and oxygen atoms in total. The Morgan fingerprint density at radius 2 is 2.00 bits per heavy atom. The molecule has 31 heavy (non-hydrogen) atoms. The number of imide groups is 1. The number of nitrogens with zero attached hydrogens (tertiary/aromatic N) is 1. The van der Waals surface area contributed by atoms with E-state index in [1.807, 2.05) is 12.1 Å². The fourth-order valence-corrected chi connectivity index (χ4v) is 4.73. The fraction of sp³-hybridized carbons (Fsp3) is 0.565. The van der Waals surface area contributed by atoms with E-state index in [-0.39, 0.29) is 30.2 Å². The van der Waals surface area contributed by atoms with E-state index >= 15 is 0 Å². The van der Waals surface area contributed by atoms with E-state index in [4.69, 9.17) is 4.74 Å². The lowest BCUT2D eigenvalue weighted by atomic mass is 9.76. The Kier molecular flexibility index (Phi) is 5.98. The van der Waals surface area contributed by atoms with Gasteiger partial charge in [0.05, 0.1) is 6.61 Å². The number of benzene rings is 1. The van der Waals surface area contributed by atoms with E-state index < -0.39 is 18.0 Å². The lowest BCUT2D eigenvalue weighted by Crippen LogP contribution is -2.52. The van der Waals surface area contributed by atoms with Crippen LogP contribution in [0.3, 0.4) is 0 Å². The zero-order chi connectivity index (χ0) is 22.0. The van der Waals surface area contributed by atoms with Crippen LogP contribution in [0.4, 0.5) is 4.79 Å². The Morgan fingerprint density at radius 1 is 1.23 bits per heavy atom. The van der Waals surface area contributed by atoms with Crippen LogP contribution in [0.2, 0.25) is 0 Å². The van der Waals surface area contributed by atoms with Gasteiger partial charge in [-0.25, -0.2) is 4.79 Å². The third-order valence-electron chi connectivity index (χ3n) is 6.64. The smallest absolute Gasteiger partial charge is 0.407 e. The van der Waals surface area contributed by atoms with E-state index in [1.165, 1.54) is 24.2 Å². The van der Waals surface area contributed by atoms with Gasteiger partial charge in [0.2, 0.25) is 11.8 Å². The Morgan fingerprint density at radius 3 is 2.74 bits per heavy atom. The molecule has 4 amide bonds. The van der Waals surface area contributed by atoms with Crippen molar-refractivity contribution >= 4 is 23.8 Å². The summed E-state index contributed by atoms with van der Waals surface area (Å²) in [6.07, 6.45) is 5.88. The van der Waals surface area contributed by atoms with Crippen molar-refractivity contribution in [3.8, 4) is 0 Å². The highest BCUT2D eigenvalue weighted by molar-refractivity contribution is 6.05. The summed E-state index contributed by atoms with van der Waals surface area (Å²) in [7, 11) is 0. The lowest BCUT2D eigenvalue weighted by molar-refractivity contribution is -0.136. The first-order valence-corrected chi connectivity index (χ1v) is 11.0. The van der Waals surface area contributed by atoms with Gasteiger partial charge in [-0.05, 0) is 36.5 Å². The number of nitrogens with one attached hydrogen (secondary N) is 2. The third kappa shape index (κ3) is 4.73. The Bertz CT molecular complexity index is 906. The molecule has 4 rings (SSSR count). The topological polar surface area (TPSA) is 105 Å². The maximum atomic E-state index is 12.9. The molecule has 3 aliphatic rings. The van der Waals surface area contributed by atoms with E-state index in [0.717, 1.165) is 24.0 Å². The van der Waals surface area contributed by atoms with Crippen LogP contribution in [0.25, 0.3) is 0 Å².